The Morgan fingerprint density at radius 2 is 1.72 bits per heavy atom. The summed E-state index contributed by atoms with van der Waals surface area (Å²) < 4.78 is 6.58. The quantitative estimate of drug-likeness (QED) is 0.277. The number of aryl methyl sites for hydroxylation is 1. The molecule has 0 aliphatic carbocycles. The minimum absolute atomic E-state index is 0.0473. The number of benzene rings is 3. The molecule has 1 spiro atoms. The lowest BCUT2D eigenvalue weighted by atomic mass is 9.75. The normalized spacial score (nSPS) is 17.0. The molecule has 47 heavy (non-hydrogen) atoms. The Balaban J connectivity index is 1.26. The molecule has 1 saturated heterocycles. The number of likely N-dealkylation sites (tertiary alicyclic amines) is 1. The molecule has 9 heteroatoms. The number of anilines is 1. The number of aromatic nitrogens is 2. The van der Waals surface area contributed by atoms with Crippen LogP contribution in [0.3, 0.4) is 0 Å². The van der Waals surface area contributed by atoms with Gasteiger partial charge in [0.05, 0.1) is 30.0 Å². The highest BCUT2D eigenvalue weighted by Crippen LogP contribution is 2.38. The van der Waals surface area contributed by atoms with Gasteiger partial charge in [0, 0.05) is 62.6 Å². The van der Waals surface area contributed by atoms with Crippen molar-refractivity contribution >= 4 is 17.6 Å². The summed E-state index contributed by atoms with van der Waals surface area (Å²) in [5.74, 6) is 1.25. The van der Waals surface area contributed by atoms with Gasteiger partial charge in [-0.05, 0) is 74.1 Å². The lowest BCUT2D eigenvalue weighted by molar-refractivity contribution is 0.0363. The maximum atomic E-state index is 14.2. The van der Waals surface area contributed by atoms with Crippen molar-refractivity contribution in [2.75, 3.05) is 44.2 Å². The van der Waals surface area contributed by atoms with Crippen molar-refractivity contribution in [3.8, 4) is 11.8 Å². The molecule has 2 aliphatic heterocycles. The number of nitrogens with zero attached hydrogens (tertiary/aromatic N) is 6. The molecule has 3 heterocycles. The minimum Gasteiger partial charge on any atom is -0.492 e. The van der Waals surface area contributed by atoms with Gasteiger partial charge in [0.2, 0.25) is 0 Å². The largest absolute Gasteiger partial charge is 0.492 e. The second-order valence-corrected chi connectivity index (χ2v) is 12.6. The molecule has 0 atom stereocenters. The monoisotopic (exact) mass is 628 g/mol. The summed E-state index contributed by atoms with van der Waals surface area (Å²) in [6.45, 7) is 5.89. The molecule has 4 aromatic rings. The molecule has 0 saturated carbocycles. The molecule has 3 aromatic carbocycles. The SMILES string of the molecule is Cc1cc(C#N)cc(C(=O)N2CCC3(CCCN(c4cnccn4)CCN(Cc4ccccc4)C(=O)c4ccccc4OC3)CC2)c1. The van der Waals surface area contributed by atoms with Gasteiger partial charge in [0.25, 0.3) is 11.8 Å². The predicted molar refractivity (Wildman–Crippen MR) is 180 cm³/mol. The first-order valence-electron chi connectivity index (χ1n) is 16.3. The van der Waals surface area contributed by atoms with Crippen LogP contribution in [0.15, 0.2) is 91.4 Å². The van der Waals surface area contributed by atoms with E-state index in [0.29, 0.717) is 61.8 Å². The smallest absolute Gasteiger partial charge is 0.257 e. The van der Waals surface area contributed by atoms with E-state index in [9.17, 15) is 14.9 Å². The van der Waals surface area contributed by atoms with Gasteiger partial charge < -0.3 is 19.4 Å². The highest BCUT2D eigenvalue weighted by molar-refractivity contribution is 5.97. The van der Waals surface area contributed by atoms with Crippen LogP contribution in [0.2, 0.25) is 0 Å². The number of amides is 2. The van der Waals surface area contributed by atoms with E-state index in [1.165, 1.54) is 0 Å². The van der Waals surface area contributed by atoms with Crippen molar-refractivity contribution in [2.45, 2.75) is 39.2 Å². The first kappa shape index (κ1) is 31.7. The molecular weight excluding hydrogens is 588 g/mol. The van der Waals surface area contributed by atoms with Crippen LogP contribution in [-0.4, -0.2) is 70.9 Å². The number of carbonyl (C=O) groups excluding carboxylic acids is 2. The van der Waals surface area contributed by atoms with Gasteiger partial charge in [0.1, 0.15) is 11.6 Å². The number of rotatable bonds is 4. The number of hydrogen-bond acceptors (Lipinski definition) is 7. The maximum Gasteiger partial charge on any atom is 0.257 e. The number of piperidine rings is 1. The number of carbonyl (C=O) groups is 2. The van der Waals surface area contributed by atoms with Crippen molar-refractivity contribution in [3.05, 3.63) is 119 Å². The number of ether oxygens (including phenoxy) is 1. The van der Waals surface area contributed by atoms with E-state index in [2.05, 4.69) is 20.9 Å². The van der Waals surface area contributed by atoms with Crippen LogP contribution < -0.4 is 9.64 Å². The number of para-hydroxylation sites is 1. The average molecular weight is 629 g/mol. The molecule has 240 valence electrons. The Kier molecular flexibility index (Phi) is 9.77. The van der Waals surface area contributed by atoms with Gasteiger partial charge >= 0.3 is 0 Å². The van der Waals surface area contributed by atoms with Crippen LogP contribution in [0.4, 0.5) is 5.82 Å². The molecule has 0 bridgehead atoms. The van der Waals surface area contributed by atoms with Crippen molar-refractivity contribution in [1.82, 2.24) is 19.8 Å². The molecule has 2 aliphatic rings. The number of hydrogen-bond donors (Lipinski definition) is 0. The standard InChI is InChI=1S/C38H40N6O3/c1-29-22-31(25-39)24-32(23-29)36(45)43-18-13-38(14-19-43)12-7-17-42(35-26-40-15-16-41-35)20-21-44(27-30-8-3-2-4-9-30)37(46)33-10-5-6-11-34(33)47-28-38/h2-6,8-11,15-16,22-24,26H,7,12-14,17-21,27-28H2,1H3. The fraction of sp³-hybridized carbons (Fsp3) is 0.342. The van der Waals surface area contributed by atoms with Gasteiger partial charge in [-0.2, -0.15) is 5.26 Å². The molecule has 0 N–H and O–H groups in total. The van der Waals surface area contributed by atoms with Crippen molar-refractivity contribution in [1.29, 1.82) is 5.26 Å². The summed E-state index contributed by atoms with van der Waals surface area (Å²) in [5.41, 5.74) is 3.37. The third-order valence-corrected chi connectivity index (χ3v) is 9.37. The van der Waals surface area contributed by atoms with Gasteiger partial charge in [0.15, 0.2) is 0 Å². The van der Waals surface area contributed by atoms with Crippen molar-refractivity contribution in [2.24, 2.45) is 5.41 Å². The zero-order valence-corrected chi connectivity index (χ0v) is 26.8. The Hall–Kier alpha value is -5.23. The zero-order valence-electron chi connectivity index (χ0n) is 26.8. The van der Waals surface area contributed by atoms with Crippen LogP contribution in [0.25, 0.3) is 0 Å². The van der Waals surface area contributed by atoms with Crippen LogP contribution in [-0.2, 0) is 6.54 Å². The summed E-state index contributed by atoms with van der Waals surface area (Å²) in [5, 5.41) is 9.43. The second-order valence-electron chi connectivity index (χ2n) is 12.6. The van der Waals surface area contributed by atoms with Crippen molar-refractivity contribution in [3.63, 3.8) is 0 Å². The summed E-state index contributed by atoms with van der Waals surface area (Å²) in [4.78, 5) is 42.7. The summed E-state index contributed by atoms with van der Waals surface area (Å²) in [6, 6.07) is 25.1. The first-order chi connectivity index (χ1) is 22.9. The summed E-state index contributed by atoms with van der Waals surface area (Å²) in [7, 11) is 0. The lowest BCUT2D eigenvalue weighted by Gasteiger charge is -2.42. The van der Waals surface area contributed by atoms with Crippen molar-refractivity contribution < 1.29 is 14.3 Å². The fourth-order valence-electron chi connectivity index (χ4n) is 6.71. The molecule has 2 amide bonds. The Labute approximate surface area is 276 Å². The molecule has 1 aromatic heterocycles. The average Bonchev–Trinajstić information content (AvgIpc) is 3.12. The Morgan fingerprint density at radius 1 is 0.936 bits per heavy atom. The van der Waals surface area contributed by atoms with Gasteiger partial charge in [-0.3, -0.25) is 14.6 Å². The molecule has 0 unspecified atom stereocenters. The Morgan fingerprint density at radius 3 is 2.49 bits per heavy atom. The summed E-state index contributed by atoms with van der Waals surface area (Å²) in [6.07, 6.45) is 8.50. The van der Waals surface area contributed by atoms with Gasteiger partial charge in [-0.1, -0.05) is 42.5 Å². The maximum absolute atomic E-state index is 14.2. The van der Waals surface area contributed by atoms with E-state index >= 15 is 0 Å². The summed E-state index contributed by atoms with van der Waals surface area (Å²) >= 11 is 0. The minimum atomic E-state index is -0.177. The van der Waals surface area contributed by atoms with Crippen LogP contribution >= 0.6 is 0 Å². The van der Waals surface area contributed by atoms with Crippen LogP contribution in [0.1, 0.15) is 63.1 Å². The second kappa shape index (κ2) is 14.5. The number of nitriles is 1. The highest BCUT2D eigenvalue weighted by atomic mass is 16.5. The van der Waals surface area contributed by atoms with E-state index in [1.54, 1.807) is 30.7 Å². The van der Waals surface area contributed by atoms with Crippen LogP contribution in [0.5, 0.6) is 5.75 Å². The van der Waals surface area contributed by atoms with Gasteiger partial charge in [-0.15, -0.1) is 0 Å². The van der Waals surface area contributed by atoms with Crippen LogP contribution in [0, 0.1) is 23.7 Å². The fourth-order valence-corrected chi connectivity index (χ4v) is 6.71. The molecular formula is C38H40N6O3. The topological polar surface area (TPSA) is 103 Å². The molecule has 1 fully saturated rings. The number of fused-ring (bicyclic) bond motifs is 1. The zero-order chi connectivity index (χ0) is 32.6. The molecule has 6 rings (SSSR count). The molecule has 0 radical (unpaired) electrons. The third-order valence-electron chi connectivity index (χ3n) is 9.37. The van der Waals surface area contributed by atoms with E-state index in [1.807, 2.05) is 77.4 Å². The highest BCUT2D eigenvalue weighted by Gasteiger charge is 2.37. The van der Waals surface area contributed by atoms with Gasteiger partial charge in [-0.25, -0.2) is 4.98 Å². The van der Waals surface area contributed by atoms with E-state index in [0.717, 1.165) is 49.2 Å². The Bertz CT molecular complexity index is 1730. The lowest BCUT2D eigenvalue weighted by Crippen LogP contribution is -2.46. The third kappa shape index (κ3) is 7.60. The van der Waals surface area contributed by atoms with E-state index < -0.39 is 0 Å². The van der Waals surface area contributed by atoms with E-state index in [4.69, 9.17) is 4.74 Å². The molecule has 9 nitrogen and oxygen atoms in total. The van der Waals surface area contributed by atoms with E-state index in [-0.39, 0.29) is 17.2 Å². The predicted octanol–water partition coefficient (Wildman–Crippen LogP) is 5.90. The first-order valence-corrected chi connectivity index (χ1v) is 16.3.